The minimum absolute atomic E-state index is 0. The van der Waals surface area contributed by atoms with Crippen LogP contribution in [0.5, 0.6) is 0 Å². The van der Waals surface area contributed by atoms with Crippen LogP contribution in [0.15, 0.2) is 17.0 Å². The molecule has 0 amide bonds. The van der Waals surface area contributed by atoms with Gasteiger partial charge in [-0.3, -0.25) is 0 Å². The van der Waals surface area contributed by atoms with Crippen molar-refractivity contribution in [2.45, 2.75) is 64.2 Å². The van der Waals surface area contributed by atoms with Gasteiger partial charge in [-0.1, -0.05) is 47.6 Å². The van der Waals surface area contributed by atoms with Crippen molar-refractivity contribution in [1.29, 1.82) is 0 Å². The van der Waals surface area contributed by atoms with E-state index in [1.54, 1.807) is 0 Å². The van der Waals surface area contributed by atoms with Gasteiger partial charge < -0.3 is 4.55 Å². The van der Waals surface area contributed by atoms with Crippen molar-refractivity contribution in [3.8, 4) is 0 Å². The van der Waals surface area contributed by atoms with E-state index in [-0.39, 0.29) is 43.7 Å². The number of rotatable bonds is 4. The summed E-state index contributed by atoms with van der Waals surface area (Å²) in [5, 5.41) is 0. The van der Waals surface area contributed by atoms with Crippen molar-refractivity contribution < 1.29 is 8.76 Å². The van der Waals surface area contributed by atoms with Crippen LogP contribution in [-0.2, 0) is 11.1 Å². The van der Waals surface area contributed by atoms with Gasteiger partial charge in [0.1, 0.15) is 0 Å². The van der Waals surface area contributed by atoms with Crippen LogP contribution in [0.4, 0.5) is 0 Å². The molecule has 0 aliphatic rings. The molecule has 1 aromatic rings. The molecule has 0 saturated carbocycles. The zero-order valence-corrected chi connectivity index (χ0v) is 13.0. The van der Waals surface area contributed by atoms with Gasteiger partial charge in [-0.2, -0.15) is 0 Å². The van der Waals surface area contributed by atoms with Crippen LogP contribution < -0.4 is 0 Å². The first-order valence-corrected chi connectivity index (χ1v) is 7.65. The average molecular weight is 311 g/mol. The van der Waals surface area contributed by atoms with E-state index in [2.05, 4.69) is 41.5 Å². The van der Waals surface area contributed by atoms with Crippen LogP contribution in [0, 0.1) is 0 Å². The fraction of sp³-hybridized carbons (Fsp3) is 0.600. The van der Waals surface area contributed by atoms with Crippen molar-refractivity contribution in [2.24, 2.45) is 0 Å². The summed E-state index contributed by atoms with van der Waals surface area (Å²) in [6, 6.07) is 3.82. The Hall–Kier alpha value is 0.590. The third-order valence-electron chi connectivity index (χ3n) is 3.25. The summed E-state index contributed by atoms with van der Waals surface area (Å²) in [5.41, 5.74) is 3.60. The van der Waals surface area contributed by atoms with Gasteiger partial charge in [-0.05, 0) is 40.5 Å². The Bertz CT molecular complexity index is 454. The van der Waals surface area contributed by atoms with Crippen molar-refractivity contribution in [3.05, 3.63) is 28.8 Å². The van der Waals surface area contributed by atoms with Crippen LogP contribution >= 0.6 is 0 Å². The third kappa shape index (κ3) is 4.53. The second-order valence-electron chi connectivity index (χ2n) is 5.69. The van der Waals surface area contributed by atoms with E-state index in [0.717, 1.165) is 5.56 Å². The maximum atomic E-state index is 11.5. The Labute approximate surface area is 149 Å². The fourth-order valence-corrected chi connectivity index (χ4v) is 3.25. The Kier molecular flexibility index (Phi) is 8.39. The molecule has 1 unspecified atom stereocenters. The molecule has 0 saturated heterocycles. The molecule has 0 aliphatic heterocycles. The molecule has 1 atom stereocenters. The van der Waals surface area contributed by atoms with Gasteiger partial charge in [0.25, 0.3) is 0 Å². The molecule has 0 aromatic heterocycles. The molecular formula is C15H26CaO2S. The first kappa shape index (κ1) is 19.6. The van der Waals surface area contributed by atoms with E-state index in [1.807, 2.05) is 12.1 Å². The monoisotopic (exact) mass is 310 g/mol. The van der Waals surface area contributed by atoms with Crippen LogP contribution in [-0.4, -0.2) is 46.5 Å². The van der Waals surface area contributed by atoms with E-state index in [1.165, 1.54) is 11.1 Å². The van der Waals surface area contributed by atoms with Crippen molar-refractivity contribution in [1.82, 2.24) is 0 Å². The Morgan fingerprint density at radius 1 is 0.895 bits per heavy atom. The molecule has 0 fully saturated rings. The molecule has 0 bridgehead atoms. The second-order valence-corrected chi connectivity index (χ2v) is 6.63. The summed E-state index contributed by atoms with van der Waals surface area (Å²) >= 11 is -1.91. The first-order chi connectivity index (χ1) is 8.27. The number of benzene rings is 1. The fourth-order valence-electron chi connectivity index (χ4n) is 2.53. The maximum absolute atomic E-state index is 11.5. The molecule has 4 heteroatoms. The van der Waals surface area contributed by atoms with Gasteiger partial charge >= 0.3 is 37.7 Å². The van der Waals surface area contributed by atoms with Crippen LogP contribution in [0.1, 0.15) is 76.0 Å². The summed E-state index contributed by atoms with van der Waals surface area (Å²) in [6.07, 6.45) is 0. The Morgan fingerprint density at radius 2 is 1.37 bits per heavy atom. The molecule has 0 radical (unpaired) electrons. The van der Waals surface area contributed by atoms with Crippen LogP contribution in [0.25, 0.3) is 0 Å². The summed E-state index contributed by atoms with van der Waals surface area (Å²) < 4.78 is 21.0. The Balaban J connectivity index is 0.00000324. The van der Waals surface area contributed by atoms with Gasteiger partial charge in [0.05, 0.1) is 4.90 Å². The topological polar surface area (TPSA) is 37.3 Å². The third-order valence-corrected chi connectivity index (χ3v) is 3.98. The molecule has 0 spiro atoms. The SMILES string of the molecule is CC(C)c1ccc(S(=O)O)c(C(C)C)c1C(C)C.[CaH2]. The van der Waals surface area contributed by atoms with E-state index >= 15 is 0 Å². The van der Waals surface area contributed by atoms with Gasteiger partial charge in [-0.15, -0.1) is 0 Å². The molecule has 0 aliphatic carbocycles. The molecule has 0 heterocycles. The van der Waals surface area contributed by atoms with Gasteiger partial charge in [-0.25, -0.2) is 4.21 Å². The van der Waals surface area contributed by atoms with Gasteiger partial charge in [0, 0.05) is 0 Å². The summed E-state index contributed by atoms with van der Waals surface area (Å²) in [7, 11) is 0. The molecule has 1 aromatic carbocycles. The van der Waals surface area contributed by atoms with E-state index in [0.29, 0.717) is 16.7 Å². The molecule has 1 rings (SSSR count). The summed E-state index contributed by atoms with van der Waals surface area (Å²) in [6.45, 7) is 12.8. The standard InChI is InChI=1S/C15H24O2S.Ca.2H/c1-9(2)12-7-8-13(18(16)17)15(11(5)6)14(12)10(3)4;;;/h7-11H,1-6H3,(H,16,17);;;. The predicted molar refractivity (Wildman–Crippen MR) is 86.3 cm³/mol. The molecular weight excluding hydrogens is 284 g/mol. The number of hydrogen-bond acceptors (Lipinski definition) is 1. The molecule has 2 nitrogen and oxygen atoms in total. The quantitative estimate of drug-likeness (QED) is 0.680. The zero-order chi connectivity index (χ0) is 14.0. The van der Waals surface area contributed by atoms with E-state index < -0.39 is 11.1 Å². The van der Waals surface area contributed by atoms with Crippen LogP contribution in [0.2, 0.25) is 0 Å². The zero-order valence-electron chi connectivity index (χ0n) is 12.2. The molecule has 1 N–H and O–H groups in total. The van der Waals surface area contributed by atoms with E-state index in [4.69, 9.17) is 0 Å². The Morgan fingerprint density at radius 3 is 1.68 bits per heavy atom. The second kappa shape index (κ2) is 8.14. The first-order valence-electron chi connectivity index (χ1n) is 6.54. The summed E-state index contributed by atoms with van der Waals surface area (Å²) in [4.78, 5) is 0.568. The normalized spacial score (nSPS) is 12.9. The number of hydrogen-bond donors (Lipinski definition) is 1. The van der Waals surface area contributed by atoms with Gasteiger partial charge in [0.15, 0.2) is 11.1 Å². The van der Waals surface area contributed by atoms with Gasteiger partial charge in [0.2, 0.25) is 0 Å². The van der Waals surface area contributed by atoms with Crippen molar-refractivity contribution >= 4 is 48.8 Å². The molecule has 106 valence electrons. The van der Waals surface area contributed by atoms with Crippen LogP contribution in [0.3, 0.4) is 0 Å². The minimum atomic E-state index is -1.91. The van der Waals surface area contributed by atoms with Crippen molar-refractivity contribution in [3.63, 3.8) is 0 Å². The average Bonchev–Trinajstić information content (AvgIpc) is 2.26. The van der Waals surface area contributed by atoms with E-state index in [9.17, 15) is 8.76 Å². The predicted octanol–water partition coefficient (Wildman–Crippen LogP) is 3.72. The summed E-state index contributed by atoms with van der Waals surface area (Å²) in [5.74, 6) is 1.05. The van der Waals surface area contributed by atoms with Crippen molar-refractivity contribution in [2.75, 3.05) is 0 Å². The molecule has 19 heavy (non-hydrogen) atoms.